The van der Waals surface area contributed by atoms with Gasteiger partial charge in [-0.2, -0.15) is 0 Å². The Morgan fingerprint density at radius 3 is 2.50 bits per heavy atom. The number of nitrogens with one attached hydrogen (secondary N) is 2. The van der Waals surface area contributed by atoms with E-state index in [1.807, 2.05) is 54.6 Å². The van der Waals surface area contributed by atoms with Gasteiger partial charge in [0.25, 0.3) is 0 Å². The van der Waals surface area contributed by atoms with Crippen LogP contribution in [-0.2, 0) is 34.0 Å². The number of hydrogen-bond donors (Lipinski definition) is 2. The van der Waals surface area contributed by atoms with E-state index in [0.29, 0.717) is 50.2 Å². The zero-order chi connectivity index (χ0) is 39.8. The summed E-state index contributed by atoms with van der Waals surface area (Å²) >= 11 is 0. The van der Waals surface area contributed by atoms with Crippen LogP contribution in [0.4, 0.5) is 4.79 Å². The van der Waals surface area contributed by atoms with E-state index in [0.717, 1.165) is 22.3 Å². The molecule has 3 fully saturated rings. The SMILES string of the molecule is C=C[C@@H]1C[C@]1(CC(=O)[C@@H]1C[C@@H]2C[C@H]1C(=O)N(NC(=O)OC(C)(C)C)CCCC/C=C/COc1ccc3c(c1)/C(=N/O2)c1ccccc1-3)C(=O)NS(=O)(=O)C1CC1. The van der Waals surface area contributed by atoms with E-state index in [2.05, 4.69) is 21.9 Å². The zero-order valence-corrected chi connectivity index (χ0v) is 32.9. The summed E-state index contributed by atoms with van der Waals surface area (Å²) in [5.74, 6) is -3.16. The fourth-order valence-electron chi connectivity index (χ4n) is 8.06. The van der Waals surface area contributed by atoms with E-state index in [4.69, 9.17) is 14.3 Å². The van der Waals surface area contributed by atoms with Crippen LogP contribution >= 0.6 is 0 Å². The summed E-state index contributed by atoms with van der Waals surface area (Å²) in [5, 5.41) is 5.29. The molecule has 7 rings (SSSR count). The first-order chi connectivity index (χ1) is 26.7. The number of carbonyl (C=O) groups is 4. The van der Waals surface area contributed by atoms with Crippen LogP contribution in [0.3, 0.4) is 0 Å². The van der Waals surface area contributed by atoms with Crippen LogP contribution in [0, 0.1) is 23.2 Å². The van der Waals surface area contributed by atoms with E-state index in [9.17, 15) is 27.6 Å². The molecule has 3 saturated carbocycles. The Morgan fingerprint density at radius 1 is 1.04 bits per heavy atom. The smallest absolute Gasteiger partial charge is 0.426 e. The topological polar surface area (TPSA) is 170 Å². The Balaban J connectivity index is 1.21. The minimum atomic E-state index is -3.86. The fraction of sp³-hybridized carbons (Fsp3) is 0.500. The third-order valence-electron chi connectivity index (χ3n) is 11.2. The van der Waals surface area contributed by atoms with Crippen molar-refractivity contribution < 1.29 is 41.9 Å². The molecule has 0 saturated heterocycles. The fourth-order valence-corrected chi connectivity index (χ4v) is 9.45. The van der Waals surface area contributed by atoms with Gasteiger partial charge in [0.1, 0.15) is 35.6 Å². The van der Waals surface area contributed by atoms with Gasteiger partial charge >= 0.3 is 6.09 Å². The van der Waals surface area contributed by atoms with Crippen molar-refractivity contribution >= 4 is 39.4 Å². The number of carbonyl (C=O) groups excluding carboxylic acids is 4. The predicted molar refractivity (Wildman–Crippen MR) is 209 cm³/mol. The van der Waals surface area contributed by atoms with Crippen LogP contribution in [-0.4, -0.2) is 72.9 Å². The molecule has 13 nitrogen and oxygen atoms in total. The van der Waals surface area contributed by atoms with Crippen LogP contribution in [0.1, 0.15) is 89.7 Å². The first-order valence-electron chi connectivity index (χ1n) is 19.5. The van der Waals surface area contributed by atoms with Gasteiger partial charge in [-0.25, -0.2) is 18.6 Å². The first kappa shape index (κ1) is 39.3. The molecule has 5 atom stereocenters. The second kappa shape index (κ2) is 15.5. The van der Waals surface area contributed by atoms with Crippen molar-refractivity contribution in [3.05, 3.63) is 78.4 Å². The number of allylic oxidation sites excluding steroid dienone is 2. The highest BCUT2D eigenvalue weighted by Crippen LogP contribution is 2.57. The van der Waals surface area contributed by atoms with Gasteiger partial charge < -0.3 is 14.3 Å². The summed E-state index contributed by atoms with van der Waals surface area (Å²) in [4.78, 5) is 62.0. The quantitative estimate of drug-likeness (QED) is 0.261. The Morgan fingerprint density at radius 2 is 1.79 bits per heavy atom. The number of hydrogen-bond acceptors (Lipinski definition) is 10. The first-order valence-corrected chi connectivity index (χ1v) is 21.0. The highest BCUT2D eigenvalue weighted by molar-refractivity contribution is 7.90. The van der Waals surface area contributed by atoms with Gasteiger partial charge in [-0.05, 0) is 107 Å². The summed E-state index contributed by atoms with van der Waals surface area (Å²) < 4.78 is 39.3. The van der Waals surface area contributed by atoms with Gasteiger partial charge in [-0.15, -0.1) is 6.58 Å². The van der Waals surface area contributed by atoms with E-state index in [1.165, 1.54) is 5.01 Å². The molecule has 2 aromatic rings. The summed E-state index contributed by atoms with van der Waals surface area (Å²) in [6.45, 7) is 9.52. The normalized spacial score (nSPS) is 27.7. The molecule has 0 unspecified atom stereocenters. The molecule has 1 heterocycles. The van der Waals surface area contributed by atoms with Gasteiger partial charge in [-0.1, -0.05) is 47.6 Å². The number of ether oxygens (including phenoxy) is 2. The van der Waals surface area contributed by atoms with Crippen LogP contribution < -0.4 is 14.9 Å². The minimum absolute atomic E-state index is 0.110. The highest BCUT2D eigenvalue weighted by atomic mass is 32.2. The molecule has 298 valence electrons. The Kier molecular flexibility index (Phi) is 10.9. The average Bonchev–Trinajstić information content (AvgIpc) is 4.06. The van der Waals surface area contributed by atoms with E-state index >= 15 is 0 Å². The van der Waals surface area contributed by atoms with Crippen LogP contribution in [0.15, 0.2) is 72.4 Å². The summed E-state index contributed by atoms with van der Waals surface area (Å²) in [7, 11) is -3.86. The van der Waals surface area contributed by atoms with Crippen molar-refractivity contribution in [3.63, 3.8) is 0 Å². The molecule has 2 aromatic carbocycles. The summed E-state index contributed by atoms with van der Waals surface area (Å²) in [6.07, 6.45) is 7.16. The average molecular weight is 787 g/mol. The van der Waals surface area contributed by atoms with Crippen LogP contribution in [0.25, 0.3) is 11.1 Å². The third kappa shape index (κ3) is 8.40. The molecule has 0 spiro atoms. The molecule has 14 heteroatoms. The number of rotatable bonds is 8. The lowest BCUT2D eigenvalue weighted by Crippen LogP contribution is -2.51. The van der Waals surface area contributed by atoms with Crippen molar-refractivity contribution in [2.75, 3.05) is 13.2 Å². The molecule has 2 N–H and O–H groups in total. The van der Waals surface area contributed by atoms with Gasteiger partial charge in [0.2, 0.25) is 21.8 Å². The lowest BCUT2D eigenvalue weighted by Gasteiger charge is -2.30. The number of Topliss-reactive ketones (excluding diaryl/α,β-unsaturated/α-hetero) is 1. The third-order valence-corrected chi connectivity index (χ3v) is 13.0. The molecular weight excluding hydrogens is 737 g/mol. The van der Waals surface area contributed by atoms with Crippen LogP contribution in [0.5, 0.6) is 5.75 Å². The number of sulfonamides is 1. The maximum Gasteiger partial charge on any atom is 0.426 e. The monoisotopic (exact) mass is 786 g/mol. The molecule has 4 bridgehead atoms. The van der Waals surface area contributed by atoms with Gasteiger partial charge in [0.15, 0.2) is 0 Å². The molecular formula is C42H50N4O9S. The number of oxime groups is 1. The number of hydrazine groups is 1. The zero-order valence-electron chi connectivity index (χ0n) is 32.1. The lowest BCUT2D eigenvalue weighted by molar-refractivity contribution is -0.143. The Bertz CT molecular complexity index is 2090. The van der Waals surface area contributed by atoms with Crippen molar-refractivity contribution in [2.45, 2.75) is 95.5 Å². The van der Waals surface area contributed by atoms with E-state index in [-0.39, 0.29) is 38.0 Å². The van der Waals surface area contributed by atoms with Crippen molar-refractivity contribution in [1.82, 2.24) is 15.2 Å². The van der Waals surface area contributed by atoms with E-state index in [1.54, 1.807) is 26.8 Å². The Hall–Kier alpha value is -4.98. The van der Waals surface area contributed by atoms with Gasteiger partial charge in [0.05, 0.1) is 16.6 Å². The number of nitrogens with zero attached hydrogens (tertiary/aromatic N) is 2. The standard InChI is InChI=1S/C42H50N4O9S/c1-5-26-24-42(26,39(49)45-56(51,52)29-16-17-29)25-36(47)33-22-28-23-35(33)38(48)46(43-40(50)54-41(2,3)4)19-11-7-6-8-12-20-53-27-15-18-31-30-13-9-10-14-32(30)37(44-55-28)34(31)21-27/h5,8-10,12-15,18,21,26,28-29,33,35H,1,6-7,11,16-17,19-20,22-25H2,2-4H3,(H,43,50)(H,45,49)/b12-8+,44-37+/t26-,28-,33-,35-,42-/m1/s1. The second-order valence-corrected chi connectivity index (χ2v) is 18.5. The summed E-state index contributed by atoms with van der Waals surface area (Å²) in [6, 6.07) is 13.7. The number of amides is 3. The maximum absolute atomic E-state index is 14.6. The molecule has 0 radical (unpaired) electrons. The van der Waals surface area contributed by atoms with Crippen molar-refractivity contribution in [3.8, 4) is 16.9 Å². The molecule has 0 aromatic heterocycles. The predicted octanol–water partition coefficient (Wildman–Crippen LogP) is 5.98. The minimum Gasteiger partial charge on any atom is -0.490 e. The largest absolute Gasteiger partial charge is 0.490 e. The molecule has 3 amide bonds. The molecule has 5 aliphatic rings. The number of ketones is 1. The molecule has 1 aliphatic heterocycles. The Labute approximate surface area is 327 Å². The van der Waals surface area contributed by atoms with Crippen molar-refractivity contribution in [1.29, 1.82) is 0 Å². The second-order valence-electron chi connectivity index (χ2n) is 16.5. The molecule has 56 heavy (non-hydrogen) atoms. The number of fused-ring (bicyclic) bond motifs is 6. The lowest BCUT2D eigenvalue weighted by atomic mass is 9.84. The van der Waals surface area contributed by atoms with Crippen molar-refractivity contribution in [2.24, 2.45) is 28.3 Å². The summed E-state index contributed by atoms with van der Waals surface area (Å²) in [5.41, 5.74) is 4.77. The molecule has 4 aliphatic carbocycles. The van der Waals surface area contributed by atoms with Gasteiger partial charge in [-0.3, -0.25) is 24.1 Å². The van der Waals surface area contributed by atoms with Gasteiger partial charge in [0, 0.05) is 30.0 Å². The number of benzene rings is 2. The highest BCUT2D eigenvalue weighted by Gasteiger charge is 2.61. The maximum atomic E-state index is 14.6. The van der Waals surface area contributed by atoms with E-state index < -0.39 is 68.1 Å². The van der Waals surface area contributed by atoms with Crippen LogP contribution in [0.2, 0.25) is 0 Å².